The third-order valence-electron chi connectivity index (χ3n) is 3.94. The highest BCUT2D eigenvalue weighted by atomic mass is 32.2. The Kier molecular flexibility index (Phi) is 9.14. The zero-order valence-corrected chi connectivity index (χ0v) is 18.1. The van der Waals surface area contributed by atoms with Crippen molar-refractivity contribution >= 4 is 35.0 Å². The number of unbranched alkanes of at least 4 members (excludes halogenated alkanes) is 1. The van der Waals surface area contributed by atoms with E-state index in [4.69, 9.17) is 9.47 Å². The van der Waals surface area contributed by atoms with Crippen molar-refractivity contribution in [2.75, 3.05) is 20.8 Å². The molecule has 1 heterocycles. The van der Waals surface area contributed by atoms with Crippen molar-refractivity contribution in [2.45, 2.75) is 26.2 Å². The van der Waals surface area contributed by atoms with E-state index in [0.717, 1.165) is 41.8 Å². The van der Waals surface area contributed by atoms with E-state index >= 15 is 0 Å². The predicted molar refractivity (Wildman–Crippen MR) is 118 cm³/mol. The summed E-state index contributed by atoms with van der Waals surface area (Å²) >= 11 is 1.01. The molecule has 1 aliphatic heterocycles. The molecule has 8 nitrogen and oxygen atoms in total. The van der Waals surface area contributed by atoms with Gasteiger partial charge in [-0.3, -0.25) is 10.1 Å². The van der Waals surface area contributed by atoms with Crippen molar-refractivity contribution < 1.29 is 23.8 Å². The molecule has 0 saturated carbocycles. The number of nitrogens with one attached hydrogen (secondary N) is 1. The molecule has 0 atom stereocenters. The van der Waals surface area contributed by atoms with Crippen LogP contribution < -0.4 is 14.8 Å². The Balaban J connectivity index is 2.20. The summed E-state index contributed by atoms with van der Waals surface area (Å²) in [5.41, 5.74) is 1.69. The van der Waals surface area contributed by atoms with E-state index in [9.17, 15) is 9.59 Å². The number of carbonyl (C=O) groups excluding carboxylic acids is 2. The fourth-order valence-corrected chi connectivity index (χ4v) is 3.23. The minimum atomic E-state index is -0.611. The van der Waals surface area contributed by atoms with Gasteiger partial charge in [-0.15, -0.1) is 11.7 Å². The lowest BCUT2D eigenvalue weighted by Gasteiger charge is -2.15. The topological polar surface area (TPSA) is 98.6 Å². The molecule has 0 unspecified atom stereocenters. The van der Waals surface area contributed by atoms with Crippen LogP contribution in [-0.4, -0.2) is 44.1 Å². The fraction of sp³-hybridized carbons (Fsp3) is 0.333. The van der Waals surface area contributed by atoms with Crippen molar-refractivity contribution in [2.24, 2.45) is 10.2 Å². The second-order valence-electron chi connectivity index (χ2n) is 6.14. The summed E-state index contributed by atoms with van der Waals surface area (Å²) < 4.78 is 15.9. The molecule has 1 fully saturated rings. The first-order valence-electron chi connectivity index (χ1n) is 9.36. The number of ether oxygens (including phenoxy) is 3. The molecule has 2 rings (SSSR count). The minimum absolute atomic E-state index is 0.194. The second-order valence-corrected chi connectivity index (χ2v) is 7.17. The number of thioether (sulfide) groups is 1. The molecule has 1 aliphatic rings. The number of esters is 1. The Hall–Kier alpha value is -3.07. The summed E-state index contributed by atoms with van der Waals surface area (Å²) in [6, 6.07) is 3.73. The van der Waals surface area contributed by atoms with E-state index in [0.29, 0.717) is 24.5 Å². The summed E-state index contributed by atoms with van der Waals surface area (Å²) in [7, 11) is 2.83. The van der Waals surface area contributed by atoms with Crippen LogP contribution in [0.25, 0.3) is 0 Å². The Bertz CT molecular complexity index is 893. The molecule has 1 N–H and O–H groups in total. The van der Waals surface area contributed by atoms with Gasteiger partial charge in [0.25, 0.3) is 5.91 Å². The molecular formula is C21H25N3O5S. The van der Waals surface area contributed by atoms with E-state index in [1.165, 1.54) is 7.11 Å². The zero-order valence-electron chi connectivity index (χ0n) is 17.3. The summed E-state index contributed by atoms with van der Waals surface area (Å²) in [4.78, 5) is 23.3. The first kappa shape index (κ1) is 23.2. The largest absolute Gasteiger partial charge is 0.493 e. The van der Waals surface area contributed by atoms with Crippen LogP contribution in [0.15, 0.2) is 46.0 Å². The number of amides is 1. The average molecular weight is 432 g/mol. The number of hydrogen-bond acceptors (Lipinski definition) is 8. The quantitative estimate of drug-likeness (QED) is 0.153. The lowest BCUT2D eigenvalue weighted by atomic mass is 10.1. The molecule has 1 saturated heterocycles. The van der Waals surface area contributed by atoms with Crippen molar-refractivity contribution in [3.63, 3.8) is 0 Å². The van der Waals surface area contributed by atoms with Crippen LogP contribution >= 0.6 is 11.8 Å². The lowest BCUT2D eigenvalue weighted by molar-refractivity contribution is -0.135. The van der Waals surface area contributed by atoms with Gasteiger partial charge in [0, 0.05) is 11.6 Å². The molecule has 160 valence electrons. The Morgan fingerprint density at radius 3 is 2.80 bits per heavy atom. The highest BCUT2D eigenvalue weighted by Gasteiger charge is 2.25. The van der Waals surface area contributed by atoms with Crippen LogP contribution in [0.4, 0.5) is 0 Å². The number of benzene rings is 1. The molecule has 0 spiro atoms. The normalized spacial score (nSPS) is 16.2. The van der Waals surface area contributed by atoms with Gasteiger partial charge >= 0.3 is 5.97 Å². The molecule has 0 bridgehead atoms. The molecule has 30 heavy (non-hydrogen) atoms. The highest BCUT2D eigenvalue weighted by molar-refractivity contribution is 8.18. The second kappa shape index (κ2) is 11.8. The van der Waals surface area contributed by atoms with Gasteiger partial charge in [0.05, 0.1) is 31.9 Å². The van der Waals surface area contributed by atoms with Crippen LogP contribution in [0.1, 0.15) is 30.9 Å². The van der Waals surface area contributed by atoms with Gasteiger partial charge in [-0.2, -0.15) is 5.10 Å². The fourth-order valence-electron chi connectivity index (χ4n) is 2.49. The molecule has 0 radical (unpaired) electrons. The molecule has 0 aromatic heterocycles. The first-order valence-corrected chi connectivity index (χ1v) is 10.2. The van der Waals surface area contributed by atoms with Gasteiger partial charge < -0.3 is 14.2 Å². The van der Waals surface area contributed by atoms with Crippen molar-refractivity contribution in [3.8, 4) is 11.5 Å². The summed E-state index contributed by atoms with van der Waals surface area (Å²) in [6.07, 6.45) is 7.05. The van der Waals surface area contributed by atoms with Gasteiger partial charge in [0.2, 0.25) is 0 Å². The van der Waals surface area contributed by atoms with Crippen LogP contribution in [0, 0.1) is 0 Å². The average Bonchev–Trinajstić information content (AvgIpc) is 3.08. The van der Waals surface area contributed by atoms with Crippen LogP contribution in [0.2, 0.25) is 0 Å². The van der Waals surface area contributed by atoms with Gasteiger partial charge in [-0.1, -0.05) is 19.4 Å². The summed E-state index contributed by atoms with van der Waals surface area (Å²) in [6.45, 7) is 6.51. The Morgan fingerprint density at radius 2 is 2.13 bits per heavy atom. The smallest absolute Gasteiger partial charge is 0.331 e. The standard InChI is InChI=1S/C21H25N3O5S/c1-5-7-9-29-19-15(8-6-2)10-14(11-16(19)27-3)13-22-24-21-23-20(26)17(30-21)12-18(25)28-4/h6,10-13H,2,5,7-9H2,1,3-4H3,(H,23,24,26)/b17-12+,22-13?. The molecular weight excluding hydrogens is 406 g/mol. The summed E-state index contributed by atoms with van der Waals surface area (Å²) in [5, 5.41) is 10.8. The first-order chi connectivity index (χ1) is 14.5. The maximum Gasteiger partial charge on any atom is 0.331 e. The number of nitrogens with zero attached hydrogens (tertiary/aromatic N) is 2. The van der Waals surface area contributed by atoms with Crippen LogP contribution in [0.3, 0.4) is 0 Å². The Labute approximate surface area is 180 Å². The molecule has 9 heteroatoms. The van der Waals surface area contributed by atoms with Gasteiger partial charge in [0.1, 0.15) is 0 Å². The number of hydrogen-bond donors (Lipinski definition) is 1. The number of rotatable bonds is 10. The van der Waals surface area contributed by atoms with E-state index in [2.05, 4.69) is 33.8 Å². The lowest BCUT2D eigenvalue weighted by Crippen LogP contribution is -2.19. The van der Waals surface area contributed by atoms with Crippen LogP contribution in [-0.2, 0) is 20.7 Å². The number of allylic oxidation sites excluding steroid dienone is 1. The van der Waals surface area contributed by atoms with E-state index < -0.39 is 11.9 Å². The SMILES string of the molecule is C=CCc1cc(C=N/N=C2/NC(=O)/C(=C\C(=O)OC)S2)cc(OC)c1OCCCC. The maximum atomic E-state index is 11.8. The minimum Gasteiger partial charge on any atom is -0.493 e. The van der Waals surface area contributed by atoms with Crippen molar-refractivity contribution in [1.82, 2.24) is 5.32 Å². The number of methoxy groups -OCH3 is 2. The zero-order chi connectivity index (χ0) is 21.9. The predicted octanol–water partition coefficient (Wildman–Crippen LogP) is 3.21. The Morgan fingerprint density at radius 1 is 1.33 bits per heavy atom. The third kappa shape index (κ3) is 6.48. The highest BCUT2D eigenvalue weighted by Crippen LogP contribution is 2.33. The van der Waals surface area contributed by atoms with E-state index in [-0.39, 0.29) is 10.1 Å². The van der Waals surface area contributed by atoms with Crippen LogP contribution in [0.5, 0.6) is 11.5 Å². The van der Waals surface area contributed by atoms with Crippen molar-refractivity contribution in [3.05, 3.63) is 46.9 Å². The van der Waals surface area contributed by atoms with Gasteiger partial charge in [-0.05, 0) is 42.3 Å². The molecule has 1 amide bonds. The van der Waals surface area contributed by atoms with Crippen molar-refractivity contribution in [1.29, 1.82) is 0 Å². The molecule has 1 aromatic carbocycles. The number of carbonyl (C=O) groups is 2. The van der Waals surface area contributed by atoms with Gasteiger partial charge in [0.15, 0.2) is 16.7 Å². The maximum absolute atomic E-state index is 11.8. The van der Waals surface area contributed by atoms with E-state index in [1.807, 2.05) is 6.07 Å². The molecule has 0 aliphatic carbocycles. The molecule has 1 aromatic rings. The third-order valence-corrected chi connectivity index (χ3v) is 4.84. The summed E-state index contributed by atoms with van der Waals surface area (Å²) in [5.74, 6) is 0.264. The van der Waals surface area contributed by atoms with E-state index in [1.54, 1.807) is 25.5 Å². The van der Waals surface area contributed by atoms with Gasteiger partial charge in [-0.25, -0.2) is 4.79 Å². The monoisotopic (exact) mass is 431 g/mol. The number of amidine groups is 1.